The fourth-order valence-electron chi connectivity index (χ4n) is 5.68. The minimum Gasteiger partial charge on any atom is -0.506 e. The summed E-state index contributed by atoms with van der Waals surface area (Å²) < 4.78 is 66.8. The molecule has 18 heteroatoms. The summed E-state index contributed by atoms with van der Waals surface area (Å²) in [5.41, 5.74) is 13.2. The molecule has 0 spiro atoms. The zero-order valence-corrected chi connectivity index (χ0v) is 28.6. The zero-order chi connectivity index (χ0) is 37.9. The number of phenols is 4. The van der Waals surface area contributed by atoms with E-state index in [-0.39, 0.29) is 55.7 Å². The number of fused-ring (bicyclic) bond motifs is 2. The Morgan fingerprint density at radius 1 is 0.558 bits per heavy atom. The van der Waals surface area contributed by atoms with Crippen LogP contribution in [0.4, 0.5) is 34.1 Å². The third kappa shape index (κ3) is 6.61. The molecule has 0 amide bonds. The van der Waals surface area contributed by atoms with Crippen molar-refractivity contribution >= 4 is 75.9 Å². The standard InChI is InChI=1S/C34H28N6O10S2/c1-15-7-19-13-28(52(48,49)50)32(34(44)29(19)22(35)8-15)40-38-25-6-4-18(12-27(25)42)17-3-5-24(26(41)11-17)37-39-31-16(2)9-20-10-21(51(45,46)47)14-23(36)30(20)33(31)43/h3-14,41-44H,35-36H2,1-2H3,(H,45,46,47)(H,48,49,50)/b39-37+,40-38+. The second-order valence-electron chi connectivity index (χ2n) is 11.8. The number of hydrogen-bond acceptors (Lipinski definition) is 14. The lowest BCUT2D eigenvalue weighted by molar-refractivity contribution is 0.471. The van der Waals surface area contributed by atoms with Crippen molar-refractivity contribution in [3.63, 3.8) is 0 Å². The molecule has 16 nitrogen and oxygen atoms in total. The van der Waals surface area contributed by atoms with Gasteiger partial charge in [-0.2, -0.15) is 16.8 Å². The predicted octanol–water partition coefficient (Wildman–Crippen LogP) is 7.59. The van der Waals surface area contributed by atoms with Crippen LogP contribution in [0.3, 0.4) is 0 Å². The molecule has 0 aliphatic heterocycles. The molecule has 0 fully saturated rings. The normalized spacial score (nSPS) is 12.5. The fourth-order valence-corrected chi connectivity index (χ4v) is 6.89. The van der Waals surface area contributed by atoms with E-state index in [0.29, 0.717) is 22.3 Å². The van der Waals surface area contributed by atoms with Crippen molar-refractivity contribution in [1.29, 1.82) is 0 Å². The SMILES string of the molecule is Cc1cc(N)c2c(O)c(/N=N/c3ccc(-c4ccc(/N=N/c5c(C)cc6cc(S(=O)(=O)O)cc(N)c6c5O)c(O)c4)cc3O)c(S(=O)(=O)O)cc2c1. The zero-order valence-electron chi connectivity index (χ0n) is 27.0. The Bertz CT molecular complexity index is 2790. The van der Waals surface area contributed by atoms with Gasteiger partial charge in [0.05, 0.1) is 4.90 Å². The summed E-state index contributed by atoms with van der Waals surface area (Å²) in [6.45, 7) is 3.30. The molecule has 0 aliphatic carbocycles. The molecular weight excluding hydrogens is 717 g/mol. The highest BCUT2D eigenvalue weighted by molar-refractivity contribution is 7.86. The predicted molar refractivity (Wildman–Crippen MR) is 193 cm³/mol. The summed E-state index contributed by atoms with van der Waals surface area (Å²) in [5, 5.41) is 59.8. The van der Waals surface area contributed by atoms with Crippen LogP contribution in [-0.2, 0) is 20.2 Å². The van der Waals surface area contributed by atoms with Crippen LogP contribution in [0.15, 0.2) is 103 Å². The molecule has 6 aromatic rings. The third-order valence-electron chi connectivity index (χ3n) is 8.08. The van der Waals surface area contributed by atoms with Crippen molar-refractivity contribution in [2.24, 2.45) is 20.5 Å². The maximum Gasteiger partial charge on any atom is 0.296 e. The summed E-state index contributed by atoms with van der Waals surface area (Å²) in [6.07, 6.45) is 0. The molecule has 0 radical (unpaired) electrons. The molecule has 10 N–H and O–H groups in total. The van der Waals surface area contributed by atoms with E-state index in [0.717, 1.165) is 18.2 Å². The number of nitrogen functional groups attached to an aromatic ring is 2. The van der Waals surface area contributed by atoms with Crippen LogP contribution in [-0.4, -0.2) is 46.4 Å². The third-order valence-corrected chi connectivity index (χ3v) is 9.78. The molecule has 52 heavy (non-hydrogen) atoms. The van der Waals surface area contributed by atoms with E-state index in [2.05, 4.69) is 20.5 Å². The van der Waals surface area contributed by atoms with E-state index in [9.17, 15) is 46.4 Å². The number of benzene rings is 6. The van der Waals surface area contributed by atoms with Gasteiger partial charge in [-0.05, 0) is 101 Å². The molecule has 0 aliphatic rings. The van der Waals surface area contributed by atoms with Gasteiger partial charge in [0.25, 0.3) is 20.2 Å². The molecule has 0 atom stereocenters. The first-order valence-electron chi connectivity index (χ1n) is 14.9. The number of aryl methyl sites for hydroxylation is 2. The maximum atomic E-state index is 12.2. The highest BCUT2D eigenvalue weighted by Crippen LogP contribution is 2.46. The van der Waals surface area contributed by atoms with Crippen LogP contribution in [0.5, 0.6) is 23.0 Å². The number of nitrogens with two attached hydrogens (primary N) is 2. The minimum absolute atomic E-state index is 0.00348. The topological polar surface area (TPSA) is 291 Å². The Kier molecular flexibility index (Phi) is 8.71. The maximum absolute atomic E-state index is 12.2. The Balaban J connectivity index is 1.29. The van der Waals surface area contributed by atoms with Crippen LogP contribution in [0, 0.1) is 13.8 Å². The second-order valence-corrected chi connectivity index (χ2v) is 14.6. The fraction of sp³-hybridized carbons (Fsp3) is 0.0588. The van der Waals surface area contributed by atoms with Gasteiger partial charge in [-0.3, -0.25) is 9.11 Å². The van der Waals surface area contributed by atoms with Crippen LogP contribution in [0.2, 0.25) is 0 Å². The number of anilines is 2. The van der Waals surface area contributed by atoms with Crippen molar-refractivity contribution in [3.8, 4) is 34.1 Å². The van der Waals surface area contributed by atoms with Gasteiger partial charge in [0.1, 0.15) is 39.1 Å². The van der Waals surface area contributed by atoms with Gasteiger partial charge in [-0.25, -0.2) is 0 Å². The number of hydrogen-bond donors (Lipinski definition) is 8. The summed E-state index contributed by atoms with van der Waals surface area (Å²) in [4.78, 5) is -1.17. The van der Waals surface area contributed by atoms with E-state index in [1.165, 1.54) is 36.4 Å². The second kappa shape index (κ2) is 12.8. The van der Waals surface area contributed by atoms with Crippen LogP contribution < -0.4 is 11.5 Å². The number of rotatable bonds is 7. The van der Waals surface area contributed by atoms with E-state index < -0.39 is 53.0 Å². The molecular formula is C34H28N6O10S2. The van der Waals surface area contributed by atoms with Crippen molar-refractivity contribution in [2.45, 2.75) is 23.6 Å². The monoisotopic (exact) mass is 744 g/mol. The molecule has 6 aromatic carbocycles. The van der Waals surface area contributed by atoms with Crippen molar-refractivity contribution in [2.75, 3.05) is 11.5 Å². The number of nitrogens with zero attached hydrogens (tertiary/aromatic N) is 4. The Morgan fingerprint density at radius 2 is 1.06 bits per heavy atom. The molecule has 0 saturated heterocycles. The van der Waals surface area contributed by atoms with Gasteiger partial charge in [-0.1, -0.05) is 18.2 Å². The van der Waals surface area contributed by atoms with Gasteiger partial charge in [0.2, 0.25) is 0 Å². The van der Waals surface area contributed by atoms with Crippen LogP contribution >= 0.6 is 0 Å². The highest BCUT2D eigenvalue weighted by atomic mass is 32.2. The van der Waals surface area contributed by atoms with Crippen LogP contribution in [0.25, 0.3) is 32.7 Å². The minimum atomic E-state index is -4.88. The van der Waals surface area contributed by atoms with Crippen molar-refractivity contribution in [3.05, 3.63) is 83.9 Å². The van der Waals surface area contributed by atoms with Gasteiger partial charge >= 0.3 is 0 Å². The van der Waals surface area contributed by atoms with Crippen molar-refractivity contribution < 1.29 is 46.4 Å². The summed E-state index contributed by atoms with van der Waals surface area (Å²) in [7, 11) is -9.43. The summed E-state index contributed by atoms with van der Waals surface area (Å²) in [5.74, 6) is -1.76. The van der Waals surface area contributed by atoms with E-state index in [1.807, 2.05) is 0 Å². The van der Waals surface area contributed by atoms with E-state index >= 15 is 0 Å². The Hall–Kier alpha value is -6.34. The first kappa shape index (κ1) is 35.5. The van der Waals surface area contributed by atoms with Gasteiger partial charge in [0.15, 0.2) is 11.5 Å². The molecule has 0 unspecified atom stereocenters. The summed E-state index contributed by atoms with van der Waals surface area (Å²) in [6, 6.07) is 16.4. The summed E-state index contributed by atoms with van der Waals surface area (Å²) >= 11 is 0. The molecule has 0 saturated carbocycles. The Morgan fingerprint density at radius 3 is 1.58 bits per heavy atom. The van der Waals surface area contributed by atoms with Gasteiger partial charge < -0.3 is 31.9 Å². The molecule has 0 heterocycles. The molecule has 6 rings (SSSR count). The quantitative estimate of drug-likeness (QED) is 0.0445. The van der Waals surface area contributed by atoms with Gasteiger partial charge in [-0.15, -0.1) is 20.5 Å². The first-order chi connectivity index (χ1) is 24.3. The van der Waals surface area contributed by atoms with Crippen LogP contribution in [0.1, 0.15) is 11.1 Å². The molecule has 266 valence electrons. The largest absolute Gasteiger partial charge is 0.506 e. The number of aromatic hydroxyl groups is 4. The number of phenolic OH excluding ortho intramolecular Hbond substituents is 4. The smallest absolute Gasteiger partial charge is 0.296 e. The average molecular weight is 745 g/mol. The lowest BCUT2D eigenvalue weighted by Crippen LogP contribution is -2.00. The molecule has 0 bridgehead atoms. The highest BCUT2D eigenvalue weighted by Gasteiger charge is 2.24. The Labute approximate surface area is 295 Å². The number of azo groups is 2. The van der Waals surface area contributed by atoms with Gasteiger partial charge in [0, 0.05) is 22.1 Å². The first-order valence-corrected chi connectivity index (χ1v) is 17.8. The van der Waals surface area contributed by atoms with Crippen molar-refractivity contribution in [1.82, 2.24) is 0 Å². The lowest BCUT2D eigenvalue weighted by Gasteiger charge is -2.11. The van der Waals surface area contributed by atoms with E-state index in [4.69, 9.17) is 11.5 Å². The molecule has 0 aromatic heterocycles. The average Bonchev–Trinajstić information content (AvgIpc) is 3.03. The lowest BCUT2D eigenvalue weighted by atomic mass is 10.0. The van der Waals surface area contributed by atoms with E-state index in [1.54, 1.807) is 32.0 Å².